The van der Waals surface area contributed by atoms with E-state index in [9.17, 15) is 9.59 Å². The van der Waals surface area contributed by atoms with Gasteiger partial charge in [0, 0.05) is 6.21 Å². The Morgan fingerprint density at radius 3 is 2.42 bits per heavy atom. The first-order valence-electron chi connectivity index (χ1n) is 8.13. The summed E-state index contributed by atoms with van der Waals surface area (Å²) in [7, 11) is 1.33. The standard InChI is InChI=1S/C20H21NO5/c1-14(2)26-19(22)13-25-16-10-8-15(9-11-16)12-21-18-7-5-4-6-17(18)20(23)24-3/h4-12,14H,13H2,1-3H3. The highest BCUT2D eigenvalue weighted by Gasteiger charge is 2.09. The minimum Gasteiger partial charge on any atom is -0.482 e. The summed E-state index contributed by atoms with van der Waals surface area (Å²) in [4.78, 5) is 27.5. The van der Waals surface area contributed by atoms with Crippen molar-refractivity contribution >= 4 is 23.8 Å². The largest absolute Gasteiger partial charge is 0.482 e. The molecular weight excluding hydrogens is 334 g/mol. The highest BCUT2D eigenvalue weighted by molar-refractivity contribution is 5.96. The average molecular weight is 355 g/mol. The van der Waals surface area contributed by atoms with E-state index in [0.717, 1.165) is 5.56 Å². The van der Waals surface area contributed by atoms with Crippen LogP contribution in [0.25, 0.3) is 0 Å². The number of esters is 2. The molecule has 6 nitrogen and oxygen atoms in total. The van der Waals surface area contributed by atoms with E-state index in [-0.39, 0.29) is 12.7 Å². The van der Waals surface area contributed by atoms with E-state index in [1.165, 1.54) is 7.11 Å². The third kappa shape index (κ3) is 5.73. The number of aliphatic imine (C=N–C) groups is 1. The van der Waals surface area contributed by atoms with E-state index in [1.54, 1.807) is 68.6 Å². The molecule has 0 bridgehead atoms. The van der Waals surface area contributed by atoms with Crippen molar-refractivity contribution < 1.29 is 23.8 Å². The number of carbonyl (C=O) groups is 2. The molecule has 0 N–H and O–H groups in total. The van der Waals surface area contributed by atoms with Gasteiger partial charge in [0.1, 0.15) is 5.75 Å². The number of hydrogen-bond donors (Lipinski definition) is 0. The minimum atomic E-state index is -0.435. The fraction of sp³-hybridized carbons (Fsp3) is 0.250. The van der Waals surface area contributed by atoms with E-state index in [4.69, 9.17) is 14.2 Å². The van der Waals surface area contributed by atoms with Crippen LogP contribution in [0.4, 0.5) is 5.69 Å². The maximum Gasteiger partial charge on any atom is 0.344 e. The van der Waals surface area contributed by atoms with E-state index in [0.29, 0.717) is 17.0 Å². The number of ether oxygens (including phenoxy) is 3. The molecule has 0 unspecified atom stereocenters. The lowest BCUT2D eigenvalue weighted by Crippen LogP contribution is -2.18. The van der Waals surface area contributed by atoms with Crippen LogP contribution in [-0.4, -0.2) is 38.0 Å². The lowest BCUT2D eigenvalue weighted by molar-refractivity contribution is -0.149. The number of nitrogens with zero attached hydrogens (tertiary/aromatic N) is 1. The van der Waals surface area contributed by atoms with Crippen LogP contribution in [0.15, 0.2) is 53.5 Å². The van der Waals surface area contributed by atoms with Gasteiger partial charge in [-0.3, -0.25) is 4.99 Å². The summed E-state index contributed by atoms with van der Waals surface area (Å²) in [5.74, 6) is -0.294. The molecule has 0 aliphatic carbocycles. The first-order chi connectivity index (χ1) is 12.5. The van der Waals surface area contributed by atoms with E-state index < -0.39 is 11.9 Å². The number of hydrogen-bond acceptors (Lipinski definition) is 6. The third-order valence-electron chi connectivity index (χ3n) is 3.27. The van der Waals surface area contributed by atoms with Gasteiger partial charge >= 0.3 is 11.9 Å². The van der Waals surface area contributed by atoms with Gasteiger partial charge in [0.2, 0.25) is 0 Å². The molecule has 0 saturated carbocycles. The van der Waals surface area contributed by atoms with Gasteiger partial charge in [-0.1, -0.05) is 12.1 Å². The van der Waals surface area contributed by atoms with Crippen molar-refractivity contribution in [3.8, 4) is 5.75 Å². The smallest absolute Gasteiger partial charge is 0.344 e. The van der Waals surface area contributed by atoms with Gasteiger partial charge in [0.15, 0.2) is 6.61 Å². The second-order valence-electron chi connectivity index (χ2n) is 5.66. The molecule has 0 amide bonds. The molecule has 0 aromatic heterocycles. The SMILES string of the molecule is COC(=O)c1ccccc1N=Cc1ccc(OCC(=O)OC(C)C)cc1. The van der Waals surface area contributed by atoms with Crippen molar-refractivity contribution in [1.29, 1.82) is 0 Å². The zero-order valence-corrected chi connectivity index (χ0v) is 15.0. The second kappa shape index (κ2) is 9.36. The summed E-state index contributed by atoms with van der Waals surface area (Å²) >= 11 is 0. The van der Waals surface area contributed by atoms with Crippen molar-refractivity contribution in [2.24, 2.45) is 4.99 Å². The van der Waals surface area contributed by atoms with Crippen LogP contribution >= 0.6 is 0 Å². The Balaban J connectivity index is 2.00. The zero-order valence-electron chi connectivity index (χ0n) is 15.0. The molecule has 0 aliphatic heterocycles. The molecule has 0 aliphatic rings. The Bertz CT molecular complexity index is 781. The van der Waals surface area contributed by atoms with E-state index >= 15 is 0 Å². The maximum absolute atomic E-state index is 11.7. The number of carbonyl (C=O) groups excluding carboxylic acids is 2. The number of methoxy groups -OCH3 is 1. The Morgan fingerprint density at radius 1 is 1.08 bits per heavy atom. The van der Waals surface area contributed by atoms with Crippen LogP contribution in [0.1, 0.15) is 29.8 Å². The number of benzene rings is 2. The van der Waals surface area contributed by atoms with Crippen LogP contribution < -0.4 is 4.74 Å². The molecular formula is C20H21NO5. The summed E-state index contributed by atoms with van der Waals surface area (Å²) in [5.41, 5.74) is 1.74. The summed E-state index contributed by atoms with van der Waals surface area (Å²) in [6.07, 6.45) is 1.47. The first-order valence-corrected chi connectivity index (χ1v) is 8.13. The molecule has 2 aromatic rings. The van der Waals surface area contributed by atoms with Gasteiger partial charge in [-0.25, -0.2) is 9.59 Å². The zero-order chi connectivity index (χ0) is 18.9. The molecule has 0 saturated heterocycles. The molecule has 2 aromatic carbocycles. The van der Waals surface area contributed by atoms with Crippen molar-refractivity contribution in [3.05, 3.63) is 59.7 Å². The summed E-state index contributed by atoms with van der Waals surface area (Å²) in [6, 6.07) is 14.0. The summed E-state index contributed by atoms with van der Waals surface area (Å²) in [6.45, 7) is 3.42. The molecule has 26 heavy (non-hydrogen) atoms. The van der Waals surface area contributed by atoms with Gasteiger partial charge < -0.3 is 14.2 Å². The number of rotatable bonds is 7. The normalized spacial score (nSPS) is 10.8. The van der Waals surface area contributed by atoms with Crippen LogP contribution in [0.3, 0.4) is 0 Å². The quantitative estimate of drug-likeness (QED) is 0.561. The third-order valence-corrected chi connectivity index (χ3v) is 3.27. The number of para-hydroxylation sites is 1. The van der Waals surface area contributed by atoms with Crippen molar-refractivity contribution in [2.75, 3.05) is 13.7 Å². The molecule has 0 spiro atoms. The monoisotopic (exact) mass is 355 g/mol. The van der Waals surface area contributed by atoms with Crippen LogP contribution in [0.5, 0.6) is 5.75 Å². The lowest BCUT2D eigenvalue weighted by atomic mass is 10.2. The van der Waals surface area contributed by atoms with Gasteiger partial charge in [-0.05, 0) is 55.8 Å². The van der Waals surface area contributed by atoms with Gasteiger partial charge in [-0.15, -0.1) is 0 Å². The van der Waals surface area contributed by atoms with Crippen LogP contribution in [0.2, 0.25) is 0 Å². The predicted octanol–water partition coefficient (Wildman–Crippen LogP) is 3.55. The minimum absolute atomic E-state index is 0.141. The summed E-state index contributed by atoms with van der Waals surface area (Å²) < 4.78 is 15.1. The van der Waals surface area contributed by atoms with Crippen molar-refractivity contribution in [3.63, 3.8) is 0 Å². The topological polar surface area (TPSA) is 74.2 Å². The van der Waals surface area contributed by atoms with E-state index in [2.05, 4.69) is 4.99 Å². The van der Waals surface area contributed by atoms with Gasteiger partial charge in [-0.2, -0.15) is 0 Å². The predicted molar refractivity (Wildman–Crippen MR) is 98.2 cm³/mol. The Morgan fingerprint density at radius 2 is 1.77 bits per heavy atom. The van der Waals surface area contributed by atoms with E-state index in [1.807, 2.05) is 0 Å². The fourth-order valence-corrected chi connectivity index (χ4v) is 2.10. The van der Waals surface area contributed by atoms with Crippen molar-refractivity contribution in [2.45, 2.75) is 20.0 Å². The molecule has 0 radical (unpaired) electrons. The van der Waals surface area contributed by atoms with Crippen LogP contribution in [0, 0.1) is 0 Å². The molecule has 0 atom stereocenters. The maximum atomic E-state index is 11.7. The van der Waals surface area contributed by atoms with Crippen molar-refractivity contribution in [1.82, 2.24) is 0 Å². The van der Waals surface area contributed by atoms with Gasteiger partial charge in [0.05, 0.1) is 24.5 Å². The Kier molecular flexibility index (Phi) is 6.91. The lowest BCUT2D eigenvalue weighted by Gasteiger charge is -2.09. The average Bonchev–Trinajstić information content (AvgIpc) is 2.64. The van der Waals surface area contributed by atoms with Crippen LogP contribution in [-0.2, 0) is 14.3 Å². The Labute approximate surface area is 152 Å². The fourth-order valence-electron chi connectivity index (χ4n) is 2.10. The van der Waals surface area contributed by atoms with Gasteiger partial charge in [0.25, 0.3) is 0 Å². The molecule has 136 valence electrons. The molecule has 0 fully saturated rings. The summed E-state index contributed by atoms with van der Waals surface area (Å²) in [5, 5.41) is 0. The Hall–Kier alpha value is -3.15. The molecule has 0 heterocycles. The second-order valence-corrected chi connectivity index (χ2v) is 5.66. The highest BCUT2D eigenvalue weighted by Crippen LogP contribution is 2.20. The molecule has 6 heteroatoms. The highest BCUT2D eigenvalue weighted by atomic mass is 16.6. The molecule has 2 rings (SSSR count). The first kappa shape index (κ1) is 19.2.